The molecular formula is C37H24Cl2N6O4. The van der Waals surface area contributed by atoms with Crippen LogP contribution in [0.1, 0.15) is 36.1 Å². The monoisotopic (exact) mass is 686 g/mol. The summed E-state index contributed by atoms with van der Waals surface area (Å²) in [6, 6.07) is 28.9. The van der Waals surface area contributed by atoms with Crippen LogP contribution in [0, 0.1) is 24.7 Å². The number of hydrogen-bond donors (Lipinski definition) is 0. The minimum atomic E-state index is -0.383. The molecule has 0 saturated carbocycles. The van der Waals surface area contributed by atoms with Crippen molar-refractivity contribution in [3.8, 4) is 71.7 Å². The first-order chi connectivity index (χ1) is 23.7. The van der Waals surface area contributed by atoms with Crippen molar-refractivity contribution in [3.05, 3.63) is 130 Å². The van der Waals surface area contributed by atoms with Crippen molar-refractivity contribution in [2.75, 3.05) is 0 Å². The fourth-order valence-electron chi connectivity index (χ4n) is 4.58. The van der Waals surface area contributed by atoms with E-state index in [4.69, 9.17) is 55.0 Å². The Hall–Kier alpha value is -6.20. The Balaban J connectivity index is 1.12. The number of nitrogens with zero attached hydrogens (tertiary/aromatic N) is 6. The summed E-state index contributed by atoms with van der Waals surface area (Å²) in [6.07, 6.45) is 10.9. The van der Waals surface area contributed by atoms with Crippen LogP contribution >= 0.6 is 23.2 Å². The van der Waals surface area contributed by atoms with Crippen LogP contribution in [-0.2, 0) is 5.41 Å². The molecule has 0 aliphatic carbocycles. The van der Waals surface area contributed by atoms with E-state index in [0.29, 0.717) is 34.1 Å². The van der Waals surface area contributed by atoms with Gasteiger partial charge in [0.25, 0.3) is 0 Å². The largest absolute Gasteiger partial charge is 0.424 e. The third-order valence-electron chi connectivity index (χ3n) is 7.12. The third kappa shape index (κ3) is 8.21. The van der Waals surface area contributed by atoms with Gasteiger partial charge in [0.15, 0.2) is 0 Å². The Bertz CT molecular complexity index is 2060. The van der Waals surface area contributed by atoms with Crippen molar-refractivity contribution >= 4 is 23.2 Å². The second kappa shape index (κ2) is 14.3. The lowest BCUT2D eigenvalue weighted by Gasteiger charge is -2.26. The van der Waals surface area contributed by atoms with Crippen LogP contribution in [-0.4, -0.2) is 29.9 Å². The first-order valence-electron chi connectivity index (χ1n) is 14.6. The molecule has 4 aromatic carbocycles. The minimum Gasteiger partial charge on any atom is -0.424 e. The molecule has 0 fully saturated rings. The highest BCUT2D eigenvalue weighted by Gasteiger charge is 2.23. The van der Waals surface area contributed by atoms with E-state index in [2.05, 4.69) is 55.6 Å². The van der Waals surface area contributed by atoms with Crippen LogP contribution in [0.3, 0.4) is 0 Å². The number of hydrogen-bond acceptors (Lipinski definition) is 10. The van der Waals surface area contributed by atoms with E-state index < -0.39 is 0 Å². The molecule has 0 spiro atoms. The second-order valence-corrected chi connectivity index (χ2v) is 11.4. The van der Waals surface area contributed by atoms with Gasteiger partial charge in [-0.1, -0.05) is 62.1 Å². The molecule has 0 aliphatic rings. The molecule has 0 saturated heterocycles. The number of benzene rings is 4. The number of halogens is 2. The predicted octanol–water partition coefficient (Wildman–Crippen LogP) is 8.82. The van der Waals surface area contributed by atoms with Crippen LogP contribution in [0.5, 0.6) is 47.0 Å². The fourth-order valence-corrected chi connectivity index (χ4v) is 4.87. The molecule has 6 rings (SSSR count). The van der Waals surface area contributed by atoms with Crippen molar-refractivity contribution in [2.45, 2.75) is 19.3 Å². The Morgan fingerprint density at radius 2 is 0.837 bits per heavy atom. The maximum Gasteiger partial charge on any atom is 0.329 e. The number of aromatic nitrogens is 6. The van der Waals surface area contributed by atoms with Crippen molar-refractivity contribution in [1.82, 2.24) is 29.9 Å². The molecule has 10 nitrogen and oxygen atoms in total. The molecule has 0 atom stereocenters. The standard InChI is InChI=1S/C37H24Cl2N6O4/c1-5-23-9-7-11-29(21-23)48-35-42-31(38)40-33(44-35)46-27-17-13-25(14-18-27)37(3,4)26-15-19-28(20-16-26)47-34-41-32(39)43-36(45-34)49-30-12-8-10-24(6-2)22-30/h1-2,7-22H,3-4H3. The van der Waals surface area contributed by atoms with Crippen LogP contribution in [0.4, 0.5) is 0 Å². The Morgan fingerprint density at radius 3 is 1.18 bits per heavy atom. The summed E-state index contributed by atoms with van der Waals surface area (Å²) in [5, 5.41) is -0.172. The molecular weight excluding hydrogens is 663 g/mol. The average molecular weight is 688 g/mol. The van der Waals surface area contributed by atoms with Gasteiger partial charge >= 0.3 is 24.0 Å². The maximum absolute atomic E-state index is 6.11. The quantitative estimate of drug-likeness (QED) is 0.129. The van der Waals surface area contributed by atoms with E-state index in [1.807, 2.05) is 48.5 Å². The summed E-state index contributed by atoms with van der Waals surface area (Å²) in [5.41, 5.74) is 2.97. The Labute approximate surface area is 292 Å². The second-order valence-electron chi connectivity index (χ2n) is 10.8. The zero-order valence-corrected chi connectivity index (χ0v) is 27.5. The summed E-state index contributed by atoms with van der Waals surface area (Å²) in [5.74, 6) is 6.99. The van der Waals surface area contributed by atoms with E-state index in [1.54, 1.807) is 48.5 Å². The summed E-state index contributed by atoms with van der Waals surface area (Å²) in [4.78, 5) is 24.6. The van der Waals surface area contributed by atoms with Gasteiger partial charge in [-0.25, -0.2) is 0 Å². The lowest BCUT2D eigenvalue weighted by atomic mass is 9.78. The van der Waals surface area contributed by atoms with E-state index in [1.165, 1.54) is 0 Å². The molecule has 0 radical (unpaired) electrons. The van der Waals surface area contributed by atoms with Gasteiger partial charge in [-0.2, -0.15) is 19.9 Å². The summed E-state index contributed by atoms with van der Waals surface area (Å²) < 4.78 is 23.2. The summed E-state index contributed by atoms with van der Waals surface area (Å²) in [7, 11) is 0. The zero-order chi connectivity index (χ0) is 34.4. The highest BCUT2D eigenvalue weighted by molar-refractivity contribution is 6.28. The van der Waals surface area contributed by atoms with E-state index in [9.17, 15) is 0 Å². The third-order valence-corrected chi connectivity index (χ3v) is 7.46. The molecule has 0 bridgehead atoms. The van der Waals surface area contributed by atoms with Crippen molar-refractivity contribution in [1.29, 1.82) is 0 Å². The van der Waals surface area contributed by atoms with E-state index in [-0.39, 0.29) is 40.0 Å². The molecule has 0 amide bonds. The normalized spacial score (nSPS) is 10.8. The molecule has 12 heteroatoms. The predicted molar refractivity (Wildman–Crippen MR) is 184 cm³/mol. The van der Waals surface area contributed by atoms with E-state index in [0.717, 1.165) is 11.1 Å². The van der Waals surface area contributed by atoms with Crippen molar-refractivity contribution < 1.29 is 18.9 Å². The van der Waals surface area contributed by atoms with Gasteiger partial charge < -0.3 is 18.9 Å². The Kier molecular flexibility index (Phi) is 9.54. The lowest BCUT2D eigenvalue weighted by Crippen LogP contribution is -2.18. The van der Waals surface area contributed by atoms with Crippen LogP contribution < -0.4 is 18.9 Å². The molecule has 0 N–H and O–H groups in total. The summed E-state index contributed by atoms with van der Waals surface area (Å²) in [6.45, 7) is 4.21. The average Bonchev–Trinajstić information content (AvgIpc) is 3.08. The molecule has 0 aliphatic heterocycles. The van der Waals surface area contributed by atoms with Crippen LogP contribution in [0.2, 0.25) is 10.6 Å². The summed E-state index contributed by atoms with van der Waals surface area (Å²) >= 11 is 12.2. The topological polar surface area (TPSA) is 114 Å². The number of terminal acetylenes is 2. The zero-order valence-electron chi connectivity index (χ0n) is 26.0. The number of ether oxygens (including phenoxy) is 4. The number of rotatable bonds is 10. The highest BCUT2D eigenvalue weighted by atomic mass is 35.5. The van der Waals surface area contributed by atoms with Gasteiger partial charge in [0.05, 0.1) is 0 Å². The van der Waals surface area contributed by atoms with Gasteiger partial charge in [-0.3, -0.25) is 0 Å². The Morgan fingerprint density at radius 1 is 0.490 bits per heavy atom. The molecule has 0 unspecified atom stereocenters. The molecule has 240 valence electrons. The highest BCUT2D eigenvalue weighted by Crippen LogP contribution is 2.35. The first-order valence-corrected chi connectivity index (χ1v) is 15.3. The SMILES string of the molecule is C#Cc1cccc(Oc2nc(Cl)nc(Oc3ccc(C(C)(C)c4ccc(Oc5nc(Cl)nc(Oc6cccc(C#C)c6)n5)cc4)cc3)n2)c1. The molecule has 6 aromatic rings. The van der Waals surface area contributed by atoms with Gasteiger partial charge in [-0.05, 0) is 95.0 Å². The van der Waals surface area contributed by atoms with Crippen LogP contribution in [0.15, 0.2) is 97.1 Å². The smallest absolute Gasteiger partial charge is 0.329 e. The first kappa shape index (κ1) is 32.7. The molecule has 49 heavy (non-hydrogen) atoms. The maximum atomic E-state index is 6.11. The lowest BCUT2D eigenvalue weighted by molar-refractivity contribution is 0.396. The minimum absolute atomic E-state index is 0.0260. The van der Waals surface area contributed by atoms with E-state index >= 15 is 0 Å². The van der Waals surface area contributed by atoms with Crippen molar-refractivity contribution in [2.24, 2.45) is 0 Å². The van der Waals surface area contributed by atoms with Crippen molar-refractivity contribution in [3.63, 3.8) is 0 Å². The van der Waals surface area contributed by atoms with Gasteiger partial charge in [0, 0.05) is 16.5 Å². The van der Waals surface area contributed by atoms with Gasteiger partial charge in [-0.15, -0.1) is 22.8 Å². The molecule has 2 heterocycles. The van der Waals surface area contributed by atoms with Gasteiger partial charge in [0.1, 0.15) is 23.0 Å². The fraction of sp³-hybridized carbons (Fsp3) is 0.0811. The molecule has 2 aromatic heterocycles. The van der Waals surface area contributed by atoms with Gasteiger partial charge in [0.2, 0.25) is 10.6 Å². The van der Waals surface area contributed by atoms with Crippen LogP contribution in [0.25, 0.3) is 0 Å².